The summed E-state index contributed by atoms with van der Waals surface area (Å²) >= 11 is 0. The number of benzene rings is 1. The summed E-state index contributed by atoms with van der Waals surface area (Å²) in [6, 6.07) is 10.2. The fourth-order valence-electron chi connectivity index (χ4n) is 1.56. The van der Waals surface area contributed by atoms with Crippen LogP contribution in [0.15, 0.2) is 30.3 Å². The minimum Gasteiger partial charge on any atom is -0.111 e. The minimum absolute atomic E-state index is 1.17. The average Bonchev–Trinajstić information content (AvgIpc) is 2.31. The number of hydrogen-bond acceptors (Lipinski definition) is 0. The minimum atomic E-state index is -2.25. The van der Waals surface area contributed by atoms with Crippen LogP contribution in [0.3, 0.4) is 0 Å². The Morgan fingerprint density at radius 3 is 1.56 bits per heavy atom. The molecule has 0 fully saturated rings. The summed E-state index contributed by atoms with van der Waals surface area (Å²) < 4.78 is 0. The van der Waals surface area contributed by atoms with Crippen LogP contribution in [-0.4, -0.2) is 8.07 Å². The lowest BCUT2D eigenvalue weighted by molar-refractivity contribution is 1.75. The van der Waals surface area contributed by atoms with Gasteiger partial charge < -0.3 is 0 Å². The van der Waals surface area contributed by atoms with E-state index < -0.39 is 8.07 Å². The lowest BCUT2D eigenvalue weighted by Gasteiger charge is -2.12. The van der Waals surface area contributed by atoms with E-state index in [1.165, 1.54) is 5.19 Å². The molecule has 1 aromatic carbocycles. The second-order valence-electron chi connectivity index (χ2n) is 3.24. The first kappa shape index (κ1) is 12.2. The molecule has 0 unspecified atom stereocenters. The van der Waals surface area contributed by atoms with Crippen LogP contribution in [0.4, 0.5) is 0 Å². The Morgan fingerprint density at radius 1 is 0.750 bits per heavy atom. The van der Waals surface area contributed by atoms with Crippen molar-refractivity contribution in [3.05, 3.63) is 30.3 Å². The molecule has 1 rings (SSSR count). The summed E-state index contributed by atoms with van der Waals surface area (Å²) in [5.74, 6) is 8.95. The van der Waals surface area contributed by atoms with Crippen molar-refractivity contribution in [3.63, 3.8) is 0 Å². The first-order chi connectivity index (χ1) is 7.79. The third kappa shape index (κ3) is 2.57. The first-order valence-corrected chi connectivity index (χ1v) is 7.16. The van der Waals surface area contributed by atoms with Crippen LogP contribution in [0.5, 0.6) is 0 Å². The zero-order valence-electron chi connectivity index (χ0n) is 9.89. The molecule has 0 spiro atoms. The maximum atomic E-state index is 3.26. The van der Waals surface area contributed by atoms with Gasteiger partial charge in [0.15, 0.2) is 0 Å². The standard InChI is InChI=1S/C15H14Si/c1-4-12-16(13-5-2,14-6-3)15-10-8-7-9-11-15/h7-11H,1-3H3. The van der Waals surface area contributed by atoms with E-state index in [0.717, 1.165) is 0 Å². The normalized spacial score (nSPS) is 8.69. The molecule has 0 nitrogen and oxygen atoms in total. The molecule has 0 aliphatic carbocycles. The van der Waals surface area contributed by atoms with Gasteiger partial charge in [-0.3, -0.25) is 0 Å². The predicted octanol–water partition coefficient (Wildman–Crippen LogP) is 2.03. The van der Waals surface area contributed by atoms with Gasteiger partial charge in [-0.15, -0.1) is 17.8 Å². The van der Waals surface area contributed by atoms with Gasteiger partial charge in [0.05, 0.1) is 0 Å². The zero-order valence-corrected chi connectivity index (χ0v) is 10.9. The molecule has 16 heavy (non-hydrogen) atoms. The Hall–Kier alpha value is -1.88. The van der Waals surface area contributed by atoms with E-state index in [1.807, 2.05) is 39.0 Å². The van der Waals surface area contributed by atoms with Crippen LogP contribution < -0.4 is 5.19 Å². The van der Waals surface area contributed by atoms with Gasteiger partial charge in [-0.05, 0) is 26.0 Å². The topological polar surface area (TPSA) is 0 Å². The fourth-order valence-corrected chi connectivity index (χ4v) is 4.00. The van der Waals surface area contributed by atoms with Gasteiger partial charge in [0.1, 0.15) is 0 Å². The van der Waals surface area contributed by atoms with Crippen molar-refractivity contribution in [2.75, 3.05) is 0 Å². The quantitative estimate of drug-likeness (QED) is 0.504. The Morgan fingerprint density at radius 2 is 1.19 bits per heavy atom. The molecule has 0 radical (unpaired) electrons. The van der Waals surface area contributed by atoms with E-state index in [2.05, 4.69) is 46.5 Å². The molecule has 0 saturated heterocycles. The lowest BCUT2D eigenvalue weighted by Crippen LogP contribution is -2.45. The molecule has 1 aromatic rings. The SMILES string of the molecule is CC#C[Si](C#CC)(C#CC)c1ccccc1. The van der Waals surface area contributed by atoms with Gasteiger partial charge in [0, 0.05) is 0 Å². The van der Waals surface area contributed by atoms with Crippen molar-refractivity contribution in [1.29, 1.82) is 0 Å². The highest BCUT2D eigenvalue weighted by Gasteiger charge is 2.29. The number of rotatable bonds is 1. The monoisotopic (exact) mass is 222 g/mol. The van der Waals surface area contributed by atoms with Crippen molar-refractivity contribution in [3.8, 4) is 34.4 Å². The molecule has 0 atom stereocenters. The second-order valence-corrected chi connectivity index (χ2v) is 6.07. The highest BCUT2D eigenvalue weighted by Crippen LogP contribution is 2.01. The highest BCUT2D eigenvalue weighted by atomic mass is 28.3. The zero-order chi connectivity index (χ0) is 11.9. The smallest absolute Gasteiger partial charge is 0.111 e. The molecular weight excluding hydrogens is 208 g/mol. The molecule has 0 heterocycles. The summed E-state index contributed by atoms with van der Waals surface area (Å²) in [4.78, 5) is 0. The van der Waals surface area contributed by atoms with Crippen LogP contribution in [0.25, 0.3) is 0 Å². The van der Waals surface area contributed by atoms with Gasteiger partial charge in [-0.2, -0.15) is 0 Å². The summed E-state index contributed by atoms with van der Waals surface area (Å²) in [5.41, 5.74) is 9.77. The van der Waals surface area contributed by atoms with Crippen molar-refractivity contribution < 1.29 is 0 Å². The Bertz CT molecular complexity index is 471. The molecule has 78 valence electrons. The van der Waals surface area contributed by atoms with Crippen molar-refractivity contribution >= 4 is 13.3 Å². The summed E-state index contributed by atoms with van der Waals surface area (Å²) in [5, 5.41) is 1.17. The van der Waals surface area contributed by atoms with Crippen LogP contribution >= 0.6 is 0 Å². The van der Waals surface area contributed by atoms with E-state index in [1.54, 1.807) is 0 Å². The number of hydrogen-bond donors (Lipinski definition) is 0. The van der Waals surface area contributed by atoms with Crippen LogP contribution in [0, 0.1) is 34.4 Å². The molecule has 0 aliphatic rings. The van der Waals surface area contributed by atoms with Crippen molar-refractivity contribution in [2.24, 2.45) is 0 Å². The van der Waals surface area contributed by atoms with Crippen LogP contribution in [0.2, 0.25) is 0 Å². The fraction of sp³-hybridized carbons (Fsp3) is 0.200. The molecule has 0 amide bonds. The lowest BCUT2D eigenvalue weighted by atomic mass is 10.4. The second kappa shape index (κ2) is 5.87. The first-order valence-electron chi connectivity index (χ1n) is 5.16. The van der Waals surface area contributed by atoms with E-state index >= 15 is 0 Å². The van der Waals surface area contributed by atoms with E-state index in [0.29, 0.717) is 0 Å². The van der Waals surface area contributed by atoms with Gasteiger partial charge in [0.25, 0.3) is 0 Å². The van der Waals surface area contributed by atoms with Gasteiger partial charge in [-0.1, -0.05) is 47.0 Å². The van der Waals surface area contributed by atoms with Gasteiger partial charge >= 0.3 is 8.07 Å². The molecule has 1 heteroatoms. The van der Waals surface area contributed by atoms with Crippen LogP contribution in [0.1, 0.15) is 20.8 Å². The van der Waals surface area contributed by atoms with E-state index in [-0.39, 0.29) is 0 Å². The van der Waals surface area contributed by atoms with E-state index in [4.69, 9.17) is 0 Å². The molecule has 0 bridgehead atoms. The molecule has 0 N–H and O–H groups in total. The van der Waals surface area contributed by atoms with E-state index in [9.17, 15) is 0 Å². The maximum absolute atomic E-state index is 3.26. The Labute approximate surface area is 99.1 Å². The summed E-state index contributed by atoms with van der Waals surface area (Å²) in [6.45, 7) is 5.54. The Balaban J connectivity index is 3.45. The summed E-state index contributed by atoms with van der Waals surface area (Å²) in [7, 11) is -2.25. The maximum Gasteiger partial charge on any atom is 0.321 e. The largest absolute Gasteiger partial charge is 0.321 e. The molecule has 0 saturated carbocycles. The summed E-state index contributed by atoms with van der Waals surface area (Å²) in [6.07, 6.45) is 0. The third-order valence-electron chi connectivity index (χ3n) is 2.14. The van der Waals surface area contributed by atoms with Crippen LogP contribution in [-0.2, 0) is 0 Å². The van der Waals surface area contributed by atoms with Gasteiger partial charge in [-0.25, -0.2) is 0 Å². The molecule has 0 aliphatic heterocycles. The van der Waals surface area contributed by atoms with Gasteiger partial charge in [0.2, 0.25) is 0 Å². The van der Waals surface area contributed by atoms with Crippen molar-refractivity contribution in [2.45, 2.75) is 20.8 Å². The highest BCUT2D eigenvalue weighted by molar-refractivity contribution is 7.10. The average molecular weight is 222 g/mol. The van der Waals surface area contributed by atoms with Crippen molar-refractivity contribution in [1.82, 2.24) is 0 Å². The predicted molar refractivity (Wildman–Crippen MR) is 72.2 cm³/mol. The molecule has 0 aromatic heterocycles. The Kier molecular flexibility index (Phi) is 4.47. The third-order valence-corrected chi connectivity index (χ3v) is 5.22. The molecular formula is C15H14Si.